The number of carbonyl (C=O) groups is 1. The molecule has 0 aromatic carbocycles. The normalized spacial score (nSPS) is 38.8. The summed E-state index contributed by atoms with van der Waals surface area (Å²) in [6, 6.07) is 0. The van der Waals surface area contributed by atoms with Crippen molar-refractivity contribution in [2.45, 2.75) is 38.4 Å². The average Bonchev–Trinajstić information content (AvgIpc) is 2.13. The van der Waals surface area contributed by atoms with E-state index >= 15 is 0 Å². The van der Waals surface area contributed by atoms with Gasteiger partial charge in [0, 0.05) is 0 Å². The van der Waals surface area contributed by atoms with Crippen molar-refractivity contribution < 1.29 is 9.53 Å². The van der Waals surface area contributed by atoms with Crippen LogP contribution in [0.15, 0.2) is 0 Å². The van der Waals surface area contributed by atoms with E-state index in [4.69, 9.17) is 4.74 Å². The summed E-state index contributed by atoms with van der Waals surface area (Å²) >= 11 is 0. The van der Waals surface area contributed by atoms with Crippen LogP contribution in [0.5, 0.6) is 0 Å². The fraction of sp³-hybridized carbons (Fsp3) is 0.857. The van der Waals surface area contributed by atoms with E-state index in [0.717, 1.165) is 19.1 Å². The van der Waals surface area contributed by atoms with E-state index < -0.39 is 5.60 Å². The molecular weight excluding hydrogens is 191 g/mol. The van der Waals surface area contributed by atoms with Crippen molar-refractivity contribution in [2.75, 3.05) is 0 Å². The van der Waals surface area contributed by atoms with Crippen molar-refractivity contribution >= 4 is 24.2 Å². The molecule has 1 saturated heterocycles. The Balaban J connectivity index is 0.000000810. The fourth-order valence-electron chi connectivity index (χ4n) is 1.15. The first-order chi connectivity index (χ1) is 4.16. The molecule has 3 atom stereocenters. The van der Waals surface area contributed by atoms with Gasteiger partial charge in [-0.3, -0.25) is 0 Å². The summed E-state index contributed by atoms with van der Waals surface area (Å²) in [5.41, 5.74) is -0.473. The first-order valence-electron chi connectivity index (χ1n) is 3.30. The summed E-state index contributed by atoms with van der Waals surface area (Å²) in [4.78, 5) is 10.3. The molecule has 1 aliphatic rings. The number of hydrogen-bond acceptors (Lipinski definition) is 2. The summed E-state index contributed by atoms with van der Waals surface area (Å²) in [7, 11) is 0. The number of hydrogen-bond donors (Lipinski definition) is 0. The molecule has 0 bridgehead atoms. The van der Waals surface area contributed by atoms with E-state index in [1.165, 1.54) is 0 Å². The van der Waals surface area contributed by atoms with Gasteiger partial charge in [-0.05, 0) is 26.7 Å². The van der Waals surface area contributed by atoms with Crippen LogP contribution in [-0.4, -0.2) is 35.9 Å². The van der Waals surface area contributed by atoms with Gasteiger partial charge in [-0.1, -0.05) is 0 Å². The Morgan fingerprint density at radius 1 is 1.70 bits per heavy atom. The van der Waals surface area contributed by atoms with Gasteiger partial charge in [0.15, 0.2) is 6.29 Å². The second-order valence-electron chi connectivity index (χ2n) is 2.90. The van der Waals surface area contributed by atoms with Gasteiger partial charge in [0.2, 0.25) is 0 Å². The van der Waals surface area contributed by atoms with Crippen LogP contribution in [0.25, 0.3) is 0 Å². The van der Waals surface area contributed by atoms with Crippen molar-refractivity contribution in [3.63, 3.8) is 0 Å². The summed E-state index contributed by atoms with van der Waals surface area (Å²) in [5, 5.41) is 0. The van der Waals surface area contributed by atoms with Crippen LogP contribution in [0.3, 0.4) is 0 Å². The molecule has 0 radical (unpaired) electrons. The van der Waals surface area contributed by atoms with Gasteiger partial charge >= 0.3 is 18.0 Å². The third-order valence-electron chi connectivity index (χ3n) is 1.77. The first-order valence-corrected chi connectivity index (χ1v) is 3.30. The zero-order chi connectivity index (χ0) is 6.91. The first kappa shape index (κ1) is 10.2. The molecule has 3 unspecified atom stereocenters. The van der Waals surface area contributed by atoms with Crippen LogP contribution in [0, 0.1) is 0 Å². The van der Waals surface area contributed by atoms with Crippen LogP contribution in [0.1, 0.15) is 26.7 Å². The summed E-state index contributed by atoms with van der Waals surface area (Å²) in [6.45, 7) is 3.83. The molecule has 1 heterocycles. The van der Waals surface area contributed by atoms with Crippen LogP contribution >= 0.6 is 0 Å². The van der Waals surface area contributed by atoms with E-state index in [0.29, 0.717) is 0 Å². The Morgan fingerprint density at radius 2 is 2.30 bits per heavy atom. The predicted octanol–water partition coefficient (Wildman–Crippen LogP) is -0.0410. The Morgan fingerprint density at radius 3 is 2.50 bits per heavy atom. The third kappa shape index (κ3) is 2.10. The van der Waals surface area contributed by atoms with Crippen LogP contribution in [0.4, 0.5) is 0 Å². The van der Waals surface area contributed by atoms with Crippen molar-refractivity contribution in [1.82, 2.24) is 0 Å². The molecule has 0 aromatic heterocycles. The molecule has 60 valence electrons. The Kier molecular flexibility index (Phi) is 3.61. The molecule has 0 amide bonds. The maximum absolute atomic E-state index is 10.3. The monoisotopic (exact) mass is 206 g/mol. The Bertz CT molecular complexity index is 127. The molecule has 1 fully saturated rings. The molecule has 10 heavy (non-hydrogen) atoms. The predicted molar refractivity (Wildman–Crippen MR) is 44.2 cm³/mol. The van der Waals surface area contributed by atoms with Crippen LogP contribution in [-0.2, 0) is 9.53 Å². The zero-order valence-electron chi connectivity index (χ0n) is 6.59. The van der Waals surface area contributed by atoms with Crippen molar-refractivity contribution in [2.24, 2.45) is 0 Å². The number of rotatable bonds is 1. The Labute approximate surface area is 72.6 Å². The summed E-state index contributed by atoms with van der Waals surface area (Å²) in [5.74, 6) is 0. The molecule has 0 aliphatic carbocycles. The molecule has 0 spiro atoms. The molecule has 3 heteroatoms. The molecule has 1 aliphatic heterocycles. The van der Waals surface area contributed by atoms with Gasteiger partial charge < -0.3 is 9.53 Å². The molecular formula is C7H15AsO2. The van der Waals surface area contributed by atoms with E-state index in [2.05, 4.69) is 0 Å². The standard InChI is InChI=1S/C7H12O2.AsH3/c1-6-3-4-7(2,5-8)9-6;/h5-6H,3-4H2,1-2H3;1H3. The number of ether oxygens (including phenoxy) is 1. The van der Waals surface area contributed by atoms with Crippen LogP contribution in [0.2, 0.25) is 0 Å². The van der Waals surface area contributed by atoms with Crippen molar-refractivity contribution in [3.05, 3.63) is 0 Å². The minimum atomic E-state index is -0.473. The second kappa shape index (κ2) is 3.54. The Hall–Kier alpha value is 0.188. The van der Waals surface area contributed by atoms with E-state index in [1.807, 2.05) is 13.8 Å². The van der Waals surface area contributed by atoms with E-state index in [-0.39, 0.29) is 24.1 Å². The summed E-state index contributed by atoms with van der Waals surface area (Å²) < 4.78 is 5.33. The molecule has 0 N–H and O–H groups in total. The van der Waals surface area contributed by atoms with Crippen molar-refractivity contribution in [1.29, 1.82) is 0 Å². The maximum atomic E-state index is 10.3. The number of aldehydes is 1. The number of carbonyl (C=O) groups excluding carboxylic acids is 1. The second-order valence-corrected chi connectivity index (χ2v) is 2.90. The molecule has 2 nitrogen and oxygen atoms in total. The van der Waals surface area contributed by atoms with Crippen molar-refractivity contribution in [3.8, 4) is 0 Å². The minimum absolute atomic E-state index is 0. The molecule has 1 rings (SSSR count). The van der Waals surface area contributed by atoms with Gasteiger partial charge in [-0.15, -0.1) is 0 Å². The third-order valence-corrected chi connectivity index (χ3v) is 1.77. The van der Waals surface area contributed by atoms with Gasteiger partial charge in [0.05, 0.1) is 6.10 Å². The van der Waals surface area contributed by atoms with E-state index in [9.17, 15) is 4.79 Å². The quantitative estimate of drug-likeness (QED) is 0.444. The van der Waals surface area contributed by atoms with Gasteiger partial charge in [-0.2, -0.15) is 0 Å². The van der Waals surface area contributed by atoms with Gasteiger partial charge in [0.1, 0.15) is 5.60 Å². The SMILES string of the molecule is CC1CCC(C)(C=O)O1.[AsH3]. The molecule has 0 saturated carbocycles. The van der Waals surface area contributed by atoms with Crippen LogP contribution < -0.4 is 0 Å². The fourth-order valence-corrected chi connectivity index (χ4v) is 1.15. The molecule has 0 aromatic rings. The average molecular weight is 206 g/mol. The zero-order valence-corrected chi connectivity index (χ0v) is 9.56. The van der Waals surface area contributed by atoms with Gasteiger partial charge in [-0.25, -0.2) is 0 Å². The van der Waals surface area contributed by atoms with E-state index in [1.54, 1.807) is 0 Å². The summed E-state index contributed by atoms with van der Waals surface area (Å²) in [6.07, 6.45) is 3.05. The van der Waals surface area contributed by atoms with Gasteiger partial charge in [0.25, 0.3) is 0 Å². The topological polar surface area (TPSA) is 26.3 Å².